The number of hydrogen-bond donors (Lipinski definition) is 2. The van der Waals surface area contributed by atoms with Crippen molar-refractivity contribution < 1.29 is 9.53 Å². The first-order valence-corrected chi connectivity index (χ1v) is 8.43. The van der Waals surface area contributed by atoms with E-state index in [4.69, 9.17) is 4.74 Å². The van der Waals surface area contributed by atoms with Gasteiger partial charge in [-0.05, 0) is 19.3 Å². The smallest absolute Gasteiger partial charge is 0.310 e. The van der Waals surface area contributed by atoms with Crippen LogP contribution in [0.4, 0.5) is 0 Å². The van der Waals surface area contributed by atoms with Crippen LogP contribution in [0, 0.1) is 5.92 Å². The van der Waals surface area contributed by atoms with Crippen molar-refractivity contribution in [2.75, 3.05) is 33.8 Å². The van der Waals surface area contributed by atoms with E-state index in [0.717, 1.165) is 25.0 Å². The molecule has 7 heteroatoms. The van der Waals surface area contributed by atoms with Crippen molar-refractivity contribution in [3.63, 3.8) is 0 Å². The first-order chi connectivity index (χ1) is 10.6. The zero-order valence-corrected chi connectivity index (χ0v) is 16.8. The fraction of sp³-hybridized carbons (Fsp3) is 0.875. The van der Waals surface area contributed by atoms with E-state index >= 15 is 0 Å². The van der Waals surface area contributed by atoms with Crippen LogP contribution in [0.25, 0.3) is 0 Å². The number of carbonyl (C=O) groups is 1. The molecule has 2 unspecified atom stereocenters. The lowest BCUT2D eigenvalue weighted by atomic mass is 10.2. The molecule has 0 aromatic heterocycles. The maximum absolute atomic E-state index is 11.4. The summed E-state index contributed by atoms with van der Waals surface area (Å²) in [5.74, 6) is 0.396. The lowest BCUT2D eigenvalue weighted by molar-refractivity contribution is -0.144. The van der Waals surface area contributed by atoms with E-state index < -0.39 is 0 Å². The number of esters is 1. The molecule has 2 fully saturated rings. The molecule has 1 saturated carbocycles. The van der Waals surface area contributed by atoms with E-state index in [-0.39, 0.29) is 35.9 Å². The van der Waals surface area contributed by atoms with Crippen molar-refractivity contribution in [1.29, 1.82) is 0 Å². The Kier molecular flexibility index (Phi) is 9.19. The molecule has 2 N–H and O–H groups in total. The monoisotopic (exact) mass is 438 g/mol. The van der Waals surface area contributed by atoms with E-state index in [9.17, 15) is 4.79 Å². The number of rotatable bonds is 5. The Hall–Kier alpha value is -0.570. The molecule has 1 aliphatic carbocycles. The molecule has 2 aliphatic rings. The second-order valence-corrected chi connectivity index (χ2v) is 6.44. The summed E-state index contributed by atoms with van der Waals surface area (Å²) in [6, 6.07) is 1.24. The Morgan fingerprint density at radius 3 is 2.65 bits per heavy atom. The van der Waals surface area contributed by atoms with Gasteiger partial charge in [0.2, 0.25) is 0 Å². The molecule has 0 spiro atoms. The number of guanidine groups is 1. The summed E-state index contributed by atoms with van der Waals surface area (Å²) in [6.45, 7) is 4.66. The highest BCUT2D eigenvalue weighted by atomic mass is 127. The van der Waals surface area contributed by atoms with Crippen molar-refractivity contribution in [3.8, 4) is 0 Å². The molecular formula is C16H31IN4O2. The number of likely N-dealkylation sites (tertiary alicyclic amines) is 1. The van der Waals surface area contributed by atoms with Crippen molar-refractivity contribution in [3.05, 3.63) is 0 Å². The summed E-state index contributed by atoms with van der Waals surface area (Å²) in [6.07, 6.45) is 6.64. The minimum absolute atomic E-state index is 0. The Balaban J connectivity index is 0.00000264. The van der Waals surface area contributed by atoms with E-state index in [1.807, 2.05) is 6.92 Å². The van der Waals surface area contributed by atoms with E-state index in [1.165, 1.54) is 39.3 Å². The number of methoxy groups -OCH3 is 1. The average molecular weight is 438 g/mol. The van der Waals surface area contributed by atoms with Gasteiger partial charge in [0.05, 0.1) is 13.0 Å². The van der Waals surface area contributed by atoms with Gasteiger partial charge in [0.15, 0.2) is 5.96 Å². The van der Waals surface area contributed by atoms with Gasteiger partial charge in [0, 0.05) is 38.8 Å². The zero-order valence-electron chi connectivity index (χ0n) is 14.5. The summed E-state index contributed by atoms with van der Waals surface area (Å²) in [4.78, 5) is 18.3. The number of halogens is 1. The first kappa shape index (κ1) is 20.5. The number of ether oxygens (including phenoxy) is 1. The van der Waals surface area contributed by atoms with Crippen molar-refractivity contribution in [2.45, 2.75) is 51.1 Å². The predicted octanol–water partition coefficient (Wildman–Crippen LogP) is 1.60. The van der Waals surface area contributed by atoms with Crippen molar-refractivity contribution in [1.82, 2.24) is 15.5 Å². The number of carbonyl (C=O) groups excluding carboxylic acids is 1. The minimum atomic E-state index is -0.198. The third kappa shape index (κ3) is 6.10. The Labute approximate surface area is 156 Å². The molecule has 0 aromatic carbocycles. The zero-order chi connectivity index (χ0) is 15.9. The van der Waals surface area contributed by atoms with E-state index in [2.05, 4.69) is 20.5 Å². The molecule has 0 bridgehead atoms. The van der Waals surface area contributed by atoms with Crippen LogP contribution in [0.1, 0.15) is 39.0 Å². The molecule has 0 radical (unpaired) electrons. The van der Waals surface area contributed by atoms with E-state index in [1.54, 1.807) is 7.05 Å². The standard InChI is InChI=1S/C16H30N4O2.HI/c1-12(15(21)22-3)10-18-16(17-2)19-13-8-9-20(11-13)14-6-4-5-7-14;/h12-14H,4-11H2,1-3H3,(H2,17,18,19);1H. The fourth-order valence-corrected chi connectivity index (χ4v) is 3.43. The molecule has 0 amide bonds. The van der Waals surface area contributed by atoms with Gasteiger partial charge in [0.25, 0.3) is 0 Å². The van der Waals surface area contributed by atoms with Gasteiger partial charge in [-0.25, -0.2) is 0 Å². The summed E-state index contributed by atoms with van der Waals surface area (Å²) in [7, 11) is 3.18. The molecular weight excluding hydrogens is 407 g/mol. The van der Waals surface area contributed by atoms with Crippen LogP contribution in [-0.4, -0.2) is 62.7 Å². The van der Waals surface area contributed by atoms with Gasteiger partial charge >= 0.3 is 5.97 Å². The topological polar surface area (TPSA) is 66.0 Å². The summed E-state index contributed by atoms with van der Waals surface area (Å²) >= 11 is 0. The SMILES string of the molecule is CN=C(NCC(C)C(=O)OC)NC1CCN(C2CCCC2)C1.I. The van der Waals surface area contributed by atoms with Crippen LogP contribution in [0.15, 0.2) is 4.99 Å². The molecule has 1 aliphatic heterocycles. The van der Waals surface area contributed by atoms with Crippen molar-refractivity contribution >= 4 is 35.9 Å². The maximum atomic E-state index is 11.4. The normalized spacial score (nSPS) is 24.1. The quantitative estimate of drug-likeness (QED) is 0.296. The van der Waals surface area contributed by atoms with Crippen molar-refractivity contribution in [2.24, 2.45) is 10.9 Å². The van der Waals surface area contributed by atoms with Crippen LogP contribution < -0.4 is 10.6 Å². The molecule has 6 nitrogen and oxygen atoms in total. The van der Waals surface area contributed by atoms with Crippen LogP contribution in [0.5, 0.6) is 0 Å². The van der Waals surface area contributed by atoms with Gasteiger partial charge in [-0.15, -0.1) is 24.0 Å². The summed E-state index contributed by atoms with van der Waals surface area (Å²) < 4.78 is 4.74. The van der Waals surface area contributed by atoms with Gasteiger partial charge in [-0.3, -0.25) is 14.7 Å². The lowest BCUT2D eigenvalue weighted by Crippen LogP contribution is -2.46. The summed E-state index contributed by atoms with van der Waals surface area (Å²) in [5.41, 5.74) is 0. The Bertz CT molecular complexity index is 400. The highest BCUT2D eigenvalue weighted by molar-refractivity contribution is 14.0. The molecule has 1 heterocycles. The highest BCUT2D eigenvalue weighted by Crippen LogP contribution is 2.26. The number of hydrogen-bond acceptors (Lipinski definition) is 4. The predicted molar refractivity (Wildman–Crippen MR) is 103 cm³/mol. The Morgan fingerprint density at radius 2 is 2.04 bits per heavy atom. The van der Waals surface area contributed by atoms with Gasteiger partial charge < -0.3 is 15.4 Å². The van der Waals surface area contributed by atoms with Gasteiger partial charge in [-0.2, -0.15) is 0 Å². The lowest BCUT2D eigenvalue weighted by Gasteiger charge is -2.24. The van der Waals surface area contributed by atoms with Crippen LogP contribution >= 0.6 is 24.0 Å². The number of nitrogens with one attached hydrogen (secondary N) is 2. The second-order valence-electron chi connectivity index (χ2n) is 6.44. The van der Waals surface area contributed by atoms with Gasteiger partial charge in [0.1, 0.15) is 0 Å². The van der Waals surface area contributed by atoms with Gasteiger partial charge in [-0.1, -0.05) is 19.8 Å². The highest BCUT2D eigenvalue weighted by Gasteiger charge is 2.30. The third-order valence-electron chi connectivity index (χ3n) is 4.80. The molecule has 2 atom stereocenters. The maximum Gasteiger partial charge on any atom is 0.310 e. The average Bonchev–Trinajstić information content (AvgIpc) is 3.20. The largest absolute Gasteiger partial charge is 0.469 e. The van der Waals surface area contributed by atoms with Crippen LogP contribution in [-0.2, 0) is 9.53 Å². The van der Waals surface area contributed by atoms with Crippen LogP contribution in [0.3, 0.4) is 0 Å². The van der Waals surface area contributed by atoms with Crippen LogP contribution in [0.2, 0.25) is 0 Å². The molecule has 134 valence electrons. The second kappa shape index (κ2) is 10.3. The minimum Gasteiger partial charge on any atom is -0.469 e. The third-order valence-corrected chi connectivity index (χ3v) is 4.80. The molecule has 0 aromatic rings. The molecule has 2 rings (SSSR count). The number of nitrogens with zero attached hydrogens (tertiary/aromatic N) is 2. The first-order valence-electron chi connectivity index (χ1n) is 8.43. The number of aliphatic imine (C=N–C) groups is 1. The summed E-state index contributed by atoms with van der Waals surface area (Å²) in [5, 5.41) is 6.69. The Morgan fingerprint density at radius 1 is 1.35 bits per heavy atom. The molecule has 1 saturated heterocycles. The van der Waals surface area contributed by atoms with E-state index in [0.29, 0.717) is 12.6 Å². The molecule has 23 heavy (non-hydrogen) atoms. The fourth-order valence-electron chi connectivity index (χ4n) is 3.43.